The van der Waals surface area contributed by atoms with E-state index in [1.807, 2.05) is 50.7 Å². The van der Waals surface area contributed by atoms with Crippen molar-refractivity contribution in [3.8, 4) is 0 Å². The number of ketones is 1. The first-order valence-electron chi connectivity index (χ1n) is 20.6. The third-order valence-corrected chi connectivity index (χ3v) is 11.2. The third kappa shape index (κ3) is 14.9. The number of rotatable bonds is 17. The number of esters is 1. The third-order valence-electron chi connectivity index (χ3n) is 11.2. The highest BCUT2D eigenvalue weighted by atomic mass is 16.7. The van der Waals surface area contributed by atoms with Gasteiger partial charge in [0, 0.05) is 38.8 Å². The molecular weight excluding hydrogens is 690 g/mol. The Labute approximate surface area is 324 Å². The number of unbranched alkanes of at least 4 members (excludes halogenated alkanes) is 6. The maximum absolute atomic E-state index is 13.4. The summed E-state index contributed by atoms with van der Waals surface area (Å²) < 4.78 is 31.3. The molecule has 2 N–H and O–H groups in total. The van der Waals surface area contributed by atoms with E-state index in [-0.39, 0.29) is 36.6 Å². The number of hydrogen-bond acceptors (Lipinski definition) is 11. The van der Waals surface area contributed by atoms with E-state index in [1.165, 1.54) is 52.7 Å². The molecule has 0 spiro atoms. The standard InChI is InChI=1S/C42H71N3O9/c1-9-11-12-13-14-15-16-17-34-26-45(44-43-34)21-20-32-23-29(4)35(46)19-18-28(3)22-33(37(10-2)54-38(48)25-36(47)30(5)24-32)27-52-42-41(51-8)40(50-7)39(49)31(6)53-42/h18-19,22,26,29-33,36-37,39-42,47,49H,9-17,20-21,23-25,27H2,1-8H3/b19-18+,28-22+/t29-,30-,31?,32+,33-,36-,37-,39?,40?,41?,42?/m1/s1. The summed E-state index contributed by atoms with van der Waals surface area (Å²) in [5.74, 6) is -1.14. The van der Waals surface area contributed by atoms with Crippen LogP contribution in [-0.4, -0.2) is 101 Å². The zero-order valence-corrected chi connectivity index (χ0v) is 34.4. The van der Waals surface area contributed by atoms with E-state index in [4.69, 9.17) is 23.7 Å². The predicted molar refractivity (Wildman–Crippen MR) is 207 cm³/mol. The van der Waals surface area contributed by atoms with Gasteiger partial charge < -0.3 is 33.9 Å². The van der Waals surface area contributed by atoms with Crippen molar-refractivity contribution >= 4 is 11.8 Å². The van der Waals surface area contributed by atoms with Crippen LogP contribution in [0.2, 0.25) is 0 Å². The highest BCUT2D eigenvalue weighted by molar-refractivity contribution is 5.91. The average Bonchev–Trinajstić information content (AvgIpc) is 3.61. The summed E-state index contributed by atoms with van der Waals surface area (Å²) in [5, 5.41) is 30.6. The van der Waals surface area contributed by atoms with E-state index >= 15 is 0 Å². The number of hydrogen-bond donors (Lipinski definition) is 2. The minimum atomic E-state index is -0.903. The second-order valence-electron chi connectivity index (χ2n) is 15.8. The number of allylic oxidation sites excluding steroid dienone is 3. The van der Waals surface area contributed by atoms with E-state index in [1.54, 1.807) is 13.0 Å². The number of methoxy groups -OCH3 is 2. The van der Waals surface area contributed by atoms with Crippen molar-refractivity contribution in [2.75, 3.05) is 20.8 Å². The molecule has 2 aliphatic heterocycles. The highest BCUT2D eigenvalue weighted by Crippen LogP contribution is 2.30. The van der Waals surface area contributed by atoms with Crippen molar-refractivity contribution in [2.45, 2.75) is 174 Å². The lowest BCUT2D eigenvalue weighted by Gasteiger charge is -2.42. The van der Waals surface area contributed by atoms with Crippen LogP contribution >= 0.6 is 0 Å². The van der Waals surface area contributed by atoms with Gasteiger partial charge in [0.1, 0.15) is 24.4 Å². The summed E-state index contributed by atoms with van der Waals surface area (Å²) >= 11 is 0. The molecule has 3 rings (SSSR count). The molecule has 0 bridgehead atoms. The highest BCUT2D eigenvalue weighted by Gasteiger charge is 2.45. The van der Waals surface area contributed by atoms with Gasteiger partial charge in [-0.05, 0) is 70.3 Å². The molecule has 0 radical (unpaired) electrons. The van der Waals surface area contributed by atoms with Gasteiger partial charge in [-0.15, -0.1) is 5.10 Å². The van der Waals surface area contributed by atoms with Gasteiger partial charge in [-0.2, -0.15) is 0 Å². The summed E-state index contributed by atoms with van der Waals surface area (Å²) in [4.78, 5) is 26.8. The van der Waals surface area contributed by atoms with Crippen molar-refractivity contribution in [3.05, 3.63) is 35.7 Å². The first-order chi connectivity index (χ1) is 25.9. The summed E-state index contributed by atoms with van der Waals surface area (Å²) in [5.41, 5.74) is 1.83. The number of aryl methyl sites for hydroxylation is 2. The second-order valence-corrected chi connectivity index (χ2v) is 15.8. The molecule has 5 unspecified atom stereocenters. The van der Waals surface area contributed by atoms with Gasteiger partial charge in [0.25, 0.3) is 0 Å². The monoisotopic (exact) mass is 762 g/mol. The molecule has 11 atom stereocenters. The van der Waals surface area contributed by atoms with E-state index < -0.39 is 54.8 Å². The van der Waals surface area contributed by atoms with Crippen molar-refractivity contribution in [2.24, 2.45) is 23.7 Å². The van der Waals surface area contributed by atoms with Crippen LogP contribution in [0.5, 0.6) is 0 Å². The number of aromatic nitrogens is 3. The molecule has 3 heterocycles. The van der Waals surface area contributed by atoms with Crippen LogP contribution in [0.3, 0.4) is 0 Å². The van der Waals surface area contributed by atoms with Gasteiger partial charge in [-0.25, -0.2) is 0 Å². The van der Waals surface area contributed by atoms with Gasteiger partial charge in [-0.1, -0.05) is 89.2 Å². The quantitative estimate of drug-likeness (QED) is 0.131. The van der Waals surface area contributed by atoms with Crippen LogP contribution in [-0.2, 0) is 46.2 Å². The molecule has 12 heteroatoms. The smallest absolute Gasteiger partial charge is 0.308 e. The molecule has 0 aromatic carbocycles. The lowest BCUT2D eigenvalue weighted by molar-refractivity contribution is -0.304. The lowest BCUT2D eigenvalue weighted by Crippen LogP contribution is -2.59. The molecule has 2 aliphatic rings. The molecule has 1 saturated heterocycles. The van der Waals surface area contributed by atoms with E-state index in [2.05, 4.69) is 17.2 Å². The number of aliphatic hydroxyl groups excluding tert-OH is 2. The fourth-order valence-corrected chi connectivity index (χ4v) is 7.71. The SMILES string of the molecule is CCCCCCCCCc1cn(CC[C@H]2C[C@@H](C)C(=O)/C=C/C(C)=C/[C@H](COC3OC(C)C(O)C(OC)C3OC)[C@@H](CC)OC(=O)C[C@@H](O)[C@H](C)C2)nn1. The van der Waals surface area contributed by atoms with Gasteiger partial charge >= 0.3 is 5.97 Å². The number of ether oxygens (including phenoxy) is 5. The summed E-state index contributed by atoms with van der Waals surface area (Å²) in [6, 6.07) is 0. The van der Waals surface area contributed by atoms with Crippen molar-refractivity contribution in [1.29, 1.82) is 0 Å². The van der Waals surface area contributed by atoms with Crippen LogP contribution in [0.15, 0.2) is 30.0 Å². The summed E-state index contributed by atoms with van der Waals surface area (Å²) in [6.07, 6.45) is 14.5. The maximum Gasteiger partial charge on any atom is 0.308 e. The topological polar surface area (TPSA) is 151 Å². The number of carbonyl (C=O) groups is 2. The number of nitrogens with zero attached hydrogens (tertiary/aromatic N) is 3. The fourth-order valence-electron chi connectivity index (χ4n) is 7.71. The van der Waals surface area contributed by atoms with Crippen LogP contribution in [0, 0.1) is 23.7 Å². The van der Waals surface area contributed by atoms with Crippen LogP contribution < -0.4 is 0 Å². The molecule has 1 fully saturated rings. The first-order valence-corrected chi connectivity index (χ1v) is 20.6. The van der Waals surface area contributed by atoms with E-state index in [0.717, 1.165) is 30.5 Å². The minimum absolute atomic E-state index is 0.0359. The molecule has 54 heavy (non-hydrogen) atoms. The minimum Gasteiger partial charge on any atom is -0.462 e. The Morgan fingerprint density at radius 1 is 0.944 bits per heavy atom. The van der Waals surface area contributed by atoms with Crippen molar-refractivity contribution in [3.63, 3.8) is 0 Å². The fraction of sp³-hybridized carbons (Fsp3) is 0.810. The van der Waals surface area contributed by atoms with Crippen LogP contribution in [0.4, 0.5) is 0 Å². The Bertz CT molecular complexity index is 1300. The number of cyclic esters (lactones) is 1. The van der Waals surface area contributed by atoms with Crippen LogP contribution in [0.1, 0.15) is 124 Å². The van der Waals surface area contributed by atoms with Gasteiger partial charge in [-0.3, -0.25) is 14.3 Å². The zero-order chi connectivity index (χ0) is 39.6. The Morgan fingerprint density at radius 3 is 2.33 bits per heavy atom. The normalized spacial score (nSPS) is 33.6. The molecule has 1 aromatic rings. The average molecular weight is 762 g/mol. The summed E-state index contributed by atoms with van der Waals surface area (Å²) in [7, 11) is 3.01. The second kappa shape index (κ2) is 24.2. The molecular formula is C42H71N3O9. The lowest BCUT2D eigenvalue weighted by atomic mass is 9.82. The number of aliphatic hydroxyl groups is 2. The first kappa shape index (κ1) is 45.9. The molecule has 0 amide bonds. The van der Waals surface area contributed by atoms with E-state index in [9.17, 15) is 19.8 Å². The van der Waals surface area contributed by atoms with Gasteiger partial charge in [0.15, 0.2) is 12.1 Å². The molecule has 308 valence electrons. The Kier molecular flexibility index (Phi) is 20.6. The largest absolute Gasteiger partial charge is 0.462 e. The van der Waals surface area contributed by atoms with Gasteiger partial charge in [0.2, 0.25) is 0 Å². The molecule has 1 aromatic heterocycles. The van der Waals surface area contributed by atoms with E-state index in [0.29, 0.717) is 25.8 Å². The van der Waals surface area contributed by atoms with Crippen LogP contribution in [0.25, 0.3) is 0 Å². The Morgan fingerprint density at radius 2 is 1.65 bits per heavy atom. The molecule has 0 aliphatic carbocycles. The maximum atomic E-state index is 13.4. The summed E-state index contributed by atoms with van der Waals surface area (Å²) in [6.45, 7) is 12.5. The Hall–Kier alpha value is -2.48. The van der Waals surface area contributed by atoms with Crippen molar-refractivity contribution in [1.82, 2.24) is 15.0 Å². The van der Waals surface area contributed by atoms with Crippen molar-refractivity contribution < 1.29 is 43.5 Å². The number of carbonyl (C=O) groups excluding carboxylic acids is 2. The molecule has 0 saturated carbocycles. The molecule has 12 nitrogen and oxygen atoms in total. The zero-order valence-electron chi connectivity index (χ0n) is 34.4. The van der Waals surface area contributed by atoms with Gasteiger partial charge in [0.05, 0.1) is 30.9 Å². The predicted octanol–water partition coefficient (Wildman–Crippen LogP) is 6.56. The Balaban J connectivity index is 1.71.